The van der Waals surface area contributed by atoms with Gasteiger partial charge < -0.3 is 54.4 Å². The molecule has 1 rings (SSSR count). The van der Waals surface area contributed by atoms with E-state index < -0.39 is 89.9 Å². The Kier molecular flexibility index (Phi) is 21.4. The second-order valence-corrected chi connectivity index (χ2v) is 15.3. The fraction of sp³-hybridized carbons (Fsp3) is 0.750. The van der Waals surface area contributed by atoms with Gasteiger partial charge in [0.05, 0.1) is 6.42 Å². The maximum absolute atomic E-state index is 13.9. The van der Waals surface area contributed by atoms with Crippen LogP contribution in [0.1, 0.15) is 106 Å². The number of hydrogen-bond donors (Lipinski definition) is 10. The van der Waals surface area contributed by atoms with E-state index in [-0.39, 0.29) is 68.9 Å². The zero-order valence-electron chi connectivity index (χ0n) is 33.4. The van der Waals surface area contributed by atoms with Crippen molar-refractivity contribution in [1.82, 2.24) is 37.2 Å². The van der Waals surface area contributed by atoms with Crippen LogP contribution in [0.4, 0.5) is 0 Å². The number of amides is 8. The smallest absolute Gasteiger partial charge is 0.243 e. The van der Waals surface area contributed by atoms with Crippen LogP contribution >= 0.6 is 0 Å². The molecule has 8 amide bonds. The third-order valence-corrected chi connectivity index (χ3v) is 8.58. The Morgan fingerprint density at radius 2 is 1.24 bits per heavy atom. The van der Waals surface area contributed by atoms with E-state index in [9.17, 15) is 38.4 Å². The van der Waals surface area contributed by atoms with E-state index in [0.29, 0.717) is 19.3 Å². The Balaban J connectivity index is 3.56. The molecule has 13 N–H and O–H groups in total. The number of carbonyl (C=O) groups excluding carboxylic acids is 8. The lowest BCUT2D eigenvalue weighted by molar-refractivity contribution is -0.136. The molecule has 55 heavy (non-hydrogen) atoms. The summed E-state index contributed by atoms with van der Waals surface area (Å²) in [5, 5.41) is 18.7. The van der Waals surface area contributed by atoms with Crippen molar-refractivity contribution in [1.29, 1.82) is 0 Å². The Hall–Kier alpha value is -4.97. The molecular formula is C36H65N11O8. The molecule has 6 atom stereocenters. The van der Waals surface area contributed by atoms with Crippen LogP contribution in [-0.4, -0.2) is 103 Å². The molecule has 1 aliphatic heterocycles. The highest BCUT2D eigenvalue weighted by atomic mass is 16.2. The Morgan fingerprint density at radius 3 is 1.69 bits per heavy atom. The van der Waals surface area contributed by atoms with Crippen molar-refractivity contribution in [3.63, 3.8) is 0 Å². The fourth-order valence-electron chi connectivity index (χ4n) is 5.94. The first-order valence-electron chi connectivity index (χ1n) is 19.1. The van der Waals surface area contributed by atoms with E-state index in [4.69, 9.17) is 17.2 Å². The zero-order valence-corrected chi connectivity index (χ0v) is 33.4. The van der Waals surface area contributed by atoms with Gasteiger partial charge in [0.1, 0.15) is 36.3 Å². The molecule has 0 saturated carbocycles. The normalized spacial score (nSPS) is 23.0. The van der Waals surface area contributed by atoms with E-state index in [1.807, 2.05) is 41.5 Å². The van der Waals surface area contributed by atoms with E-state index >= 15 is 0 Å². The first-order valence-corrected chi connectivity index (χ1v) is 19.1. The molecule has 0 unspecified atom stereocenters. The average molecular weight is 780 g/mol. The van der Waals surface area contributed by atoms with Crippen molar-refractivity contribution in [2.24, 2.45) is 39.9 Å². The predicted octanol–water partition coefficient (Wildman–Crippen LogP) is -1.72. The SMILES string of the molecule is CC(=O)N[C@@H](CCCN=C(N)N)C(=O)N[C@H]1CCCCNC(=O)C[C@@H](C(N)=O)NC(=O)[C@H](CC(C)C)NC(=O)[C@H](CC(C)C)NC(=O)[C@H](CC(C)C)NC1=O. The van der Waals surface area contributed by atoms with Gasteiger partial charge in [-0.25, -0.2) is 0 Å². The van der Waals surface area contributed by atoms with Gasteiger partial charge in [-0.05, 0) is 69.1 Å². The van der Waals surface area contributed by atoms with E-state index in [1.54, 1.807) is 0 Å². The summed E-state index contributed by atoms with van der Waals surface area (Å²) in [6, 6.07) is -6.91. The Morgan fingerprint density at radius 1 is 0.745 bits per heavy atom. The van der Waals surface area contributed by atoms with Crippen LogP contribution in [0.3, 0.4) is 0 Å². The number of hydrogen-bond acceptors (Lipinski definition) is 9. The van der Waals surface area contributed by atoms with Crippen LogP contribution in [-0.2, 0) is 38.4 Å². The molecule has 0 radical (unpaired) electrons. The summed E-state index contributed by atoms with van der Waals surface area (Å²) in [5.74, 6) is -5.66. The van der Waals surface area contributed by atoms with Gasteiger partial charge in [0.25, 0.3) is 0 Å². The lowest BCUT2D eigenvalue weighted by Gasteiger charge is -2.29. The fourth-order valence-corrected chi connectivity index (χ4v) is 5.94. The van der Waals surface area contributed by atoms with Crippen molar-refractivity contribution in [2.45, 2.75) is 143 Å². The average Bonchev–Trinajstić information content (AvgIpc) is 3.06. The molecule has 0 spiro atoms. The summed E-state index contributed by atoms with van der Waals surface area (Å²) in [4.78, 5) is 110. The molecule has 0 aromatic carbocycles. The van der Waals surface area contributed by atoms with Crippen molar-refractivity contribution in [2.75, 3.05) is 13.1 Å². The lowest BCUT2D eigenvalue weighted by Crippen LogP contribution is -2.60. The molecule has 1 fully saturated rings. The molecular weight excluding hydrogens is 714 g/mol. The van der Waals surface area contributed by atoms with Gasteiger partial charge in [-0.15, -0.1) is 0 Å². The van der Waals surface area contributed by atoms with E-state index in [1.165, 1.54) is 6.92 Å². The molecule has 19 nitrogen and oxygen atoms in total. The van der Waals surface area contributed by atoms with Crippen LogP contribution in [0.2, 0.25) is 0 Å². The van der Waals surface area contributed by atoms with Gasteiger partial charge >= 0.3 is 0 Å². The zero-order chi connectivity index (χ0) is 41.8. The van der Waals surface area contributed by atoms with Gasteiger partial charge in [0, 0.05) is 20.0 Å². The maximum atomic E-state index is 13.9. The largest absolute Gasteiger partial charge is 0.370 e. The summed E-state index contributed by atoms with van der Waals surface area (Å²) in [7, 11) is 0. The highest BCUT2D eigenvalue weighted by Gasteiger charge is 2.34. The minimum Gasteiger partial charge on any atom is -0.370 e. The second-order valence-electron chi connectivity index (χ2n) is 15.3. The van der Waals surface area contributed by atoms with E-state index in [2.05, 4.69) is 42.2 Å². The van der Waals surface area contributed by atoms with Crippen molar-refractivity contribution in [3.05, 3.63) is 0 Å². The number of nitrogens with two attached hydrogens (primary N) is 3. The minimum atomic E-state index is -1.37. The van der Waals surface area contributed by atoms with E-state index in [0.717, 1.165) is 0 Å². The number of aliphatic imine (C=N–C) groups is 1. The van der Waals surface area contributed by atoms with Crippen molar-refractivity contribution in [3.8, 4) is 0 Å². The maximum Gasteiger partial charge on any atom is 0.243 e. The number of primary amides is 1. The number of nitrogens with zero attached hydrogens (tertiary/aromatic N) is 1. The third-order valence-electron chi connectivity index (χ3n) is 8.58. The molecule has 0 aromatic heterocycles. The molecule has 1 aliphatic rings. The topological polar surface area (TPSA) is 311 Å². The van der Waals surface area contributed by atoms with Crippen LogP contribution in [0, 0.1) is 17.8 Å². The van der Waals surface area contributed by atoms with Gasteiger partial charge in [-0.1, -0.05) is 41.5 Å². The van der Waals surface area contributed by atoms with Crippen molar-refractivity contribution >= 4 is 53.2 Å². The first kappa shape index (κ1) is 48.0. The van der Waals surface area contributed by atoms with Crippen LogP contribution in [0.5, 0.6) is 0 Å². The molecule has 1 heterocycles. The number of rotatable bonds is 14. The number of nitrogens with one attached hydrogen (secondary N) is 7. The minimum absolute atomic E-state index is 0.0765. The summed E-state index contributed by atoms with van der Waals surface area (Å²) in [5.41, 5.74) is 16.3. The van der Waals surface area contributed by atoms with Crippen LogP contribution in [0.25, 0.3) is 0 Å². The molecule has 1 saturated heterocycles. The van der Waals surface area contributed by atoms with Crippen molar-refractivity contribution < 1.29 is 38.4 Å². The number of guanidine groups is 1. The highest BCUT2D eigenvalue weighted by Crippen LogP contribution is 2.13. The summed E-state index contributed by atoms with van der Waals surface area (Å²) >= 11 is 0. The molecule has 0 aromatic rings. The summed E-state index contributed by atoms with van der Waals surface area (Å²) in [6.07, 6.45) is 1.34. The third kappa shape index (κ3) is 19.8. The van der Waals surface area contributed by atoms with Gasteiger partial charge in [-0.3, -0.25) is 43.3 Å². The Bertz CT molecular complexity index is 1370. The van der Waals surface area contributed by atoms with Gasteiger partial charge in [0.2, 0.25) is 47.3 Å². The number of carbonyl (C=O) groups is 8. The monoisotopic (exact) mass is 780 g/mol. The standard InChI is InChI=1S/C36H65N11O8/c1-19(2)15-26-33(53)44-25(30(37)50)18-29(49)40-13-9-8-11-24(43-31(51)23(42-22(7)48)12-10-14-41-36(38)39)32(52)45-27(16-20(3)4)34(54)47-28(17-21(5)6)35(55)46-26/h19-21,23-28H,8-18H2,1-7H3,(H2,37,50)(H,40,49)(H,42,48)(H,43,51)(H,44,53)(H,45,52)(H,46,55)(H,47,54)(H4,38,39,41)/t23-,24-,25-,26-,27-,28-/m0/s1. The van der Waals surface area contributed by atoms with Crippen LogP contribution < -0.4 is 54.4 Å². The predicted molar refractivity (Wildman–Crippen MR) is 206 cm³/mol. The van der Waals surface area contributed by atoms with Gasteiger partial charge in [-0.2, -0.15) is 0 Å². The lowest BCUT2D eigenvalue weighted by atomic mass is 9.98. The molecule has 0 aliphatic carbocycles. The van der Waals surface area contributed by atoms with Gasteiger partial charge in [0.15, 0.2) is 5.96 Å². The Labute approximate surface area is 324 Å². The quantitative estimate of drug-likeness (QED) is 0.0540. The first-order chi connectivity index (χ1) is 25.7. The second kappa shape index (κ2) is 24.4. The molecule has 19 heteroatoms. The molecule has 312 valence electrons. The van der Waals surface area contributed by atoms with Crippen LogP contribution in [0.15, 0.2) is 4.99 Å². The summed E-state index contributed by atoms with van der Waals surface area (Å²) in [6.45, 7) is 12.7. The summed E-state index contributed by atoms with van der Waals surface area (Å²) < 4.78 is 0. The molecule has 0 bridgehead atoms. The highest BCUT2D eigenvalue weighted by molar-refractivity contribution is 5.97.